The van der Waals surface area contributed by atoms with E-state index >= 15 is 0 Å². The molecule has 2 heterocycles. The van der Waals surface area contributed by atoms with Gasteiger partial charge in [0.25, 0.3) is 0 Å². The Morgan fingerprint density at radius 2 is 1.83 bits per heavy atom. The van der Waals surface area contributed by atoms with E-state index in [2.05, 4.69) is 0 Å². The molecule has 0 aromatic carbocycles. The summed E-state index contributed by atoms with van der Waals surface area (Å²) in [5.41, 5.74) is -1.43. The van der Waals surface area contributed by atoms with Gasteiger partial charge in [0.1, 0.15) is 18.3 Å². The average Bonchev–Trinajstić information content (AvgIpc) is 2.79. The standard InChI is InChI=1S/C27H46O9/c1-7-19-13-16(2)20(28)12-10-8-9-11-17(3)34-22(30)14-21(29)25(33-6)24(19)36-23-15-27(5,32)26(31)18(4)35-23/h8-10,12,16-21,23-26,28-29,31-32H,7,11,13-15H2,1-6H3. The highest BCUT2D eigenvalue weighted by molar-refractivity contribution is 5.70. The zero-order valence-electron chi connectivity index (χ0n) is 22.4. The van der Waals surface area contributed by atoms with Gasteiger partial charge in [-0.05, 0) is 39.0 Å². The van der Waals surface area contributed by atoms with Crippen LogP contribution in [0.5, 0.6) is 0 Å². The highest BCUT2D eigenvalue weighted by atomic mass is 16.7. The Morgan fingerprint density at radius 1 is 1.14 bits per heavy atom. The number of rotatable bonds is 4. The summed E-state index contributed by atoms with van der Waals surface area (Å²) in [6, 6.07) is 0. The van der Waals surface area contributed by atoms with E-state index in [1.54, 1.807) is 26.0 Å². The first-order valence-electron chi connectivity index (χ1n) is 13.0. The van der Waals surface area contributed by atoms with Crippen molar-refractivity contribution in [1.29, 1.82) is 0 Å². The lowest BCUT2D eigenvalue weighted by molar-refractivity contribution is -0.299. The lowest BCUT2D eigenvalue weighted by atomic mass is 9.82. The molecule has 11 unspecified atom stereocenters. The maximum absolute atomic E-state index is 12.5. The minimum absolute atomic E-state index is 0.0186. The molecule has 36 heavy (non-hydrogen) atoms. The summed E-state index contributed by atoms with van der Waals surface area (Å²) in [6.45, 7) is 8.88. The summed E-state index contributed by atoms with van der Waals surface area (Å²) >= 11 is 0. The number of methoxy groups -OCH3 is 1. The van der Waals surface area contributed by atoms with Crippen LogP contribution in [0.15, 0.2) is 24.3 Å². The third-order valence-corrected chi connectivity index (χ3v) is 7.29. The normalized spacial score (nSPS) is 43.8. The highest BCUT2D eigenvalue weighted by Gasteiger charge is 2.46. The van der Waals surface area contributed by atoms with Crippen molar-refractivity contribution < 1.29 is 44.2 Å². The van der Waals surface area contributed by atoms with Crippen LogP contribution in [-0.4, -0.2) is 88.1 Å². The second-order valence-corrected chi connectivity index (χ2v) is 10.6. The van der Waals surface area contributed by atoms with Gasteiger partial charge in [-0.1, -0.05) is 44.6 Å². The van der Waals surface area contributed by atoms with Crippen molar-refractivity contribution in [1.82, 2.24) is 0 Å². The van der Waals surface area contributed by atoms with E-state index in [1.165, 1.54) is 14.0 Å². The van der Waals surface area contributed by atoms with Gasteiger partial charge in [0.2, 0.25) is 0 Å². The summed E-state index contributed by atoms with van der Waals surface area (Å²) in [5.74, 6) is -0.859. The number of ether oxygens (including phenoxy) is 4. The number of aliphatic hydroxyl groups excluding tert-OH is 3. The molecule has 2 aliphatic rings. The maximum atomic E-state index is 12.5. The van der Waals surface area contributed by atoms with Gasteiger partial charge >= 0.3 is 5.97 Å². The summed E-state index contributed by atoms with van der Waals surface area (Å²) in [5, 5.41) is 42.8. The smallest absolute Gasteiger partial charge is 0.308 e. The number of hydrogen-bond donors (Lipinski definition) is 4. The van der Waals surface area contributed by atoms with E-state index < -0.39 is 54.5 Å². The van der Waals surface area contributed by atoms with Crippen LogP contribution in [0.1, 0.15) is 66.7 Å². The summed E-state index contributed by atoms with van der Waals surface area (Å²) < 4.78 is 23.4. The first-order chi connectivity index (χ1) is 16.9. The molecule has 208 valence electrons. The van der Waals surface area contributed by atoms with E-state index in [1.807, 2.05) is 26.0 Å². The first kappa shape index (κ1) is 30.9. The molecule has 4 N–H and O–H groups in total. The van der Waals surface area contributed by atoms with Crippen molar-refractivity contribution in [3.05, 3.63) is 24.3 Å². The van der Waals surface area contributed by atoms with Gasteiger partial charge in [-0.2, -0.15) is 0 Å². The summed E-state index contributed by atoms with van der Waals surface area (Å²) in [6.07, 6.45) is 2.06. The van der Waals surface area contributed by atoms with E-state index in [4.69, 9.17) is 18.9 Å². The number of carbonyl (C=O) groups excluding carboxylic acids is 1. The van der Waals surface area contributed by atoms with E-state index in [0.717, 1.165) is 0 Å². The molecule has 9 nitrogen and oxygen atoms in total. The molecule has 0 amide bonds. The van der Waals surface area contributed by atoms with E-state index in [-0.39, 0.29) is 30.8 Å². The van der Waals surface area contributed by atoms with Crippen LogP contribution in [0.4, 0.5) is 0 Å². The zero-order valence-corrected chi connectivity index (χ0v) is 22.4. The van der Waals surface area contributed by atoms with E-state index in [0.29, 0.717) is 19.3 Å². The van der Waals surface area contributed by atoms with Gasteiger partial charge < -0.3 is 39.4 Å². The Balaban J connectivity index is 2.38. The van der Waals surface area contributed by atoms with Crippen molar-refractivity contribution in [2.75, 3.05) is 7.11 Å². The molecule has 0 bridgehead atoms. The number of allylic oxidation sites excluding steroid dienone is 2. The fourth-order valence-electron chi connectivity index (χ4n) is 5.02. The Bertz CT molecular complexity index is 737. The van der Waals surface area contributed by atoms with Crippen LogP contribution in [0.3, 0.4) is 0 Å². The molecule has 1 saturated heterocycles. The minimum Gasteiger partial charge on any atom is -0.462 e. The SMILES string of the molecule is CCC1CC(C)C(O)C=CC=CCC(C)OC(=O)CC(O)C(OC)C1OC1CC(C)(O)C(O)C(C)O1. The molecule has 1 fully saturated rings. The molecule has 0 spiro atoms. The molecule has 0 aromatic rings. The Hall–Kier alpha value is -1.33. The third-order valence-electron chi connectivity index (χ3n) is 7.29. The highest BCUT2D eigenvalue weighted by Crippen LogP contribution is 2.35. The average molecular weight is 515 g/mol. The largest absolute Gasteiger partial charge is 0.462 e. The van der Waals surface area contributed by atoms with Crippen LogP contribution < -0.4 is 0 Å². The van der Waals surface area contributed by atoms with E-state index in [9.17, 15) is 25.2 Å². The molecule has 2 rings (SSSR count). The van der Waals surface area contributed by atoms with Gasteiger partial charge in [-0.25, -0.2) is 0 Å². The molecular weight excluding hydrogens is 468 g/mol. The number of carbonyl (C=O) groups is 1. The predicted octanol–water partition coefficient (Wildman–Crippen LogP) is 2.25. The van der Waals surface area contributed by atoms with Gasteiger partial charge in [0.15, 0.2) is 6.29 Å². The topological polar surface area (TPSA) is 135 Å². The maximum Gasteiger partial charge on any atom is 0.308 e. The summed E-state index contributed by atoms with van der Waals surface area (Å²) in [4.78, 5) is 12.5. The lowest BCUT2D eigenvalue weighted by Gasteiger charge is -2.45. The number of aliphatic hydroxyl groups is 4. The predicted molar refractivity (Wildman–Crippen MR) is 134 cm³/mol. The molecule has 0 aliphatic carbocycles. The van der Waals surface area contributed by atoms with Crippen molar-refractivity contribution >= 4 is 5.97 Å². The van der Waals surface area contributed by atoms with Crippen LogP contribution in [-0.2, 0) is 23.7 Å². The van der Waals surface area contributed by atoms with Crippen molar-refractivity contribution in [3.63, 3.8) is 0 Å². The first-order valence-corrected chi connectivity index (χ1v) is 13.0. The van der Waals surface area contributed by atoms with Gasteiger partial charge in [-0.3, -0.25) is 4.79 Å². The van der Waals surface area contributed by atoms with Crippen LogP contribution in [0.25, 0.3) is 0 Å². The minimum atomic E-state index is -1.43. The van der Waals surface area contributed by atoms with Gasteiger partial charge in [0, 0.05) is 20.0 Å². The monoisotopic (exact) mass is 514 g/mol. The molecule has 2 aliphatic heterocycles. The molecule has 0 radical (unpaired) electrons. The Morgan fingerprint density at radius 3 is 2.44 bits per heavy atom. The lowest BCUT2D eigenvalue weighted by Crippen LogP contribution is -2.57. The zero-order chi connectivity index (χ0) is 27.0. The van der Waals surface area contributed by atoms with Crippen LogP contribution >= 0.6 is 0 Å². The number of hydrogen-bond acceptors (Lipinski definition) is 9. The van der Waals surface area contributed by atoms with Crippen LogP contribution in [0.2, 0.25) is 0 Å². The molecule has 0 aromatic heterocycles. The molecular formula is C27H46O9. The molecule has 0 saturated carbocycles. The number of esters is 1. The second kappa shape index (κ2) is 14.0. The Labute approximate surface area is 215 Å². The molecule has 9 heteroatoms. The van der Waals surface area contributed by atoms with Crippen LogP contribution in [0, 0.1) is 11.8 Å². The quantitative estimate of drug-likeness (QED) is 0.417. The van der Waals surface area contributed by atoms with Gasteiger partial charge in [-0.15, -0.1) is 0 Å². The van der Waals surface area contributed by atoms with Crippen molar-refractivity contribution in [3.8, 4) is 0 Å². The summed E-state index contributed by atoms with van der Waals surface area (Å²) in [7, 11) is 1.44. The molecule has 11 atom stereocenters. The second-order valence-electron chi connectivity index (χ2n) is 10.6. The van der Waals surface area contributed by atoms with Gasteiger partial charge in [0.05, 0.1) is 36.4 Å². The Kier molecular flexibility index (Phi) is 12.0. The van der Waals surface area contributed by atoms with Crippen molar-refractivity contribution in [2.24, 2.45) is 11.8 Å². The fraction of sp³-hybridized carbons (Fsp3) is 0.815. The van der Waals surface area contributed by atoms with Crippen molar-refractivity contribution in [2.45, 2.75) is 121 Å². The number of cyclic esters (lactones) is 1. The third kappa shape index (κ3) is 8.62. The fourth-order valence-corrected chi connectivity index (χ4v) is 5.02.